The SMILES string of the molecule is CCOc1cccc2c1O[C@@]1(C)[C@H](C(=O)OC)[C@H]2NC(=S)N1c1ccc(C(C)C)cc1. The van der Waals surface area contributed by atoms with Crippen molar-refractivity contribution in [1.29, 1.82) is 0 Å². The summed E-state index contributed by atoms with van der Waals surface area (Å²) in [5, 5.41) is 3.87. The summed E-state index contributed by atoms with van der Waals surface area (Å²) in [6.07, 6.45) is 0. The van der Waals surface area contributed by atoms with Gasteiger partial charge in [0.25, 0.3) is 0 Å². The van der Waals surface area contributed by atoms with E-state index in [4.69, 9.17) is 26.4 Å². The lowest BCUT2D eigenvalue weighted by atomic mass is 9.79. The Kier molecular flexibility index (Phi) is 5.56. The van der Waals surface area contributed by atoms with E-state index in [1.807, 2.05) is 49.1 Å². The topological polar surface area (TPSA) is 60.0 Å². The van der Waals surface area contributed by atoms with E-state index in [9.17, 15) is 4.79 Å². The van der Waals surface area contributed by atoms with Gasteiger partial charge in [-0.05, 0) is 55.7 Å². The second-order valence-electron chi connectivity index (χ2n) is 8.27. The molecule has 0 saturated carbocycles. The maximum absolute atomic E-state index is 13.0. The normalized spacial score (nSPS) is 24.2. The lowest BCUT2D eigenvalue weighted by Crippen LogP contribution is -2.71. The number of thiocarbonyl (C=S) groups is 1. The fourth-order valence-corrected chi connectivity index (χ4v) is 4.94. The lowest BCUT2D eigenvalue weighted by molar-refractivity contribution is -0.157. The highest BCUT2D eigenvalue weighted by Crippen LogP contribution is 2.52. The smallest absolute Gasteiger partial charge is 0.317 e. The average Bonchev–Trinajstić information content (AvgIpc) is 2.74. The highest BCUT2D eigenvalue weighted by atomic mass is 32.1. The molecule has 1 N–H and O–H groups in total. The van der Waals surface area contributed by atoms with Crippen LogP contribution in [0.2, 0.25) is 0 Å². The zero-order chi connectivity index (χ0) is 22.3. The number of carbonyl (C=O) groups excluding carboxylic acids is 1. The molecule has 1 fully saturated rings. The molecule has 4 rings (SSSR count). The summed E-state index contributed by atoms with van der Waals surface area (Å²) in [6.45, 7) is 8.62. The van der Waals surface area contributed by atoms with Crippen LogP contribution in [0.1, 0.15) is 50.8 Å². The first-order valence-electron chi connectivity index (χ1n) is 10.5. The molecule has 0 aromatic heterocycles. The van der Waals surface area contributed by atoms with Crippen molar-refractivity contribution in [3.05, 3.63) is 53.6 Å². The van der Waals surface area contributed by atoms with E-state index in [0.717, 1.165) is 11.3 Å². The highest BCUT2D eigenvalue weighted by Gasteiger charge is 2.60. The highest BCUT2D eigenvalue weighted by molar-refractivity contribution is 7.80. The van der Waals surface area contributed by atoms with Crippen LogP contribution in [0.25, 0.3) is 0 Å². The zero-order valence-electron chi connectivity index (χ0n) is 18.5. The number of anilines is 1. The summed E-state index contributed by atoms with van der Waals surface area (Å²) < 4.78 is 17.6. The van der Waals surface area contributed by atoms with Gasteiger partial charge >= 0.3 is 5.97 Å². The van der Waals surface area contributed by atoms with Crippen molar-refractivity contribution in [2.24, 2.45) is 5.92 Å². The second-order valence-corrected chi connectivity index (χ2v) is 8.66. The van der Waals surface area contributed by atoms with Crippen LogP contribution in [0.3, 0.4) is 0 Å². The van der Waals surface area contributed by atoms with Crippen molar-refractivity contribution in [3.63, 3.8) is 0 Å². The molecule has 2 aliphatic rings. The minimum Gasteiger partial charge on any atom is -0.490 e. The van der Waals surface area contributed by atoms with Gasteiger partial charge in [0.15, 0.2) is 16.6 Å². The molecule has 2 bridgehead atoms. The molecule has 0 amide bonds. The quantitative estimate of drug-likeness (QED) is 0.541. The molecule has 0 unspecified atom stereocenters. The first kappa shape index (κ1) is 21.4. The molecule has 2 aromatic rings. The van der Waals surface area contributed by atoms with E-state index in [1.54, 1.807) is 0 Å². The molecule has 2 heterocycles. The number of fused-ring (bicyclic) bond motifs is 4. The third kappa shape index (κ3) is 3.41. The van der Waals surface area contributed by atoms with Crippen LogP contribution in [0.5, 0.6) is 11.5 Å². The minimum absolute atomic E-state index is 0.362. The van der Waals surface area contributed by atoms with Gasteiger partial charge in [-0.1, -0.05) is 38.1 Å². The Hall–Kier alpha value is -2.80. The fourth-order valence-electron chi connectivity index (χ4n) is 4.52. The summed E-state index contributed by atoms with van der Waals surface area (Å²) in [5.74, 6) is 0.673. The molecule has 0 radical (unpaired) electrons. The first-order valence-corrected chi connectivity index (χ1v) is 11.0. The van der Waals surface area contributed by atoms with Gasteiger partial charge in [-0.2, -0.15) is 0 Å². The first-order chi connectivity index (χ1) is 14.8. The summed E-state index contributed by atoms with van der Waals surface area (Å²) in [6, 6.07) is 13.5. The molecule has 0 aliphatic carbocycles. The van der Waals surface area contributed by atoms with Crippen LogP contribution < -0.4 is 19.7 Å². The van der Waals surface area contributed by atoms with Gasteiger partial charge in [0.05, 0.1) is 19.8 Å². The third-order valence-corrected chi connectivity index (χ3v) is 6.36. The van der Waals surface area contributed by atoms with Crippen LogP contribution in [-0.2, 0) is 9.53 Å². The average molecular weight is 441 g/mol. The number of ether oxygens (including phenoxy) is 3. The number of methoxy groups -OCH3 is 1. The number of hydrogen-bond donors (Lipinski definition) is 1. The van der Waals surface area contributed by atoms with Crippen molar-refractivity contribution >= 4 is 29.0 Å². The number of nitrogens with zero attached hydrogens (tertiary/aromatic N) is 1. The van der Waals surface area contributed by atoms with Crippen LogP contribution in [0.4, 0.5) is 5.69 Å². The summed E-state index contributed by atoms with van der Waals surface area (Å²) in [4.78, 5) is 14.9. The molecular formula is C24H28N2O4S. The van der Waals surface area contributed by atoms with E-state index in [2.05, 4.69) is 31.3 Å². The van der Waals surface area contributed by atoms with Crippen LogP contribution >= 0.6 is 12.2 Å². The van der Waals surface area contributed by atoms with Gasteiger partial charge in [-0.15, -0.1) is 0 Å². The Morgan fingerprint density at radius 2 is 1.97 bits per heavy atom. The third-order valence-electron chi connectivity index (χ3n) is 6.06. The van der Waals surface area contributed by atoms with Crippen molar-refractivity contribution in [2.75, 3.05) is 18.6 Å². The molecule has 31 heavy (non-hydrogen) atoms. The Labute approximate surface area is 188 Å². The molecule has 3 atom stereocenters. The molecule has 7 heteroatoms. The molecular weight excluding hydrogens is 412 g/mol. The summed E-state index contributed by atoms with van der Waals surface area (Å²) in [5.41, 5.74) is 1.80. The van der Waals surface area contributed by atoms with Gasteiger partial charge in [-0.25, -0.2) is 0 Å². The van der Waals surface area contributed by atoms with Gasteiger partial charge < -0.3 is 19.5 Å². The van der Waals surface area contributed by atoms with E-state index < -0.39 is 11.6 Å². The number of carbonyl (C=O) groups is 1. The van der Waals surface area contributed by atoms with Gasteiger partial charge in [-0.3, -0.25) is 9.69 Å². The maximum atomic E-state index is 13.0. The Balaban J connectivity index is 1.87. The predicted octanol–water partition coefficient (Wildman–Crippen LogP) is 4.54. The van der Waals surface area contributed by atoms with Crippen molar-refractivity contribution in [3.8, 4) is 11.5 Å². The molecule has 1 saturated heterocycles. The monoisotopic (exact) mass is 440 g/mol. The van der Waals surface area contributed by atoms with Crippen LogP contribution in [-0.4, -0.2) is 30.5 Å². The zero-order valence-corrected chi connectivity index (χ0v) is 19.3. The Bertz CT molecular complexity index is 1010. The van der Waals surface area contributed by atoms with Gasteiger partial charge in [0.2, 0.25) is 5.72 Å². The van der Waals surface area contributed by atoms with Gasteiger partial charge in [0, 0.05) is 11.3 Å². The lowest BCUT2D eigenvalue weighted by Gasteiger charge is -2.55. The molecule has 6 nitrogen and oxygen atoms in total. The maximum Gasteiger partial charge on any atom is 0.317 e. The Morgan fingerprint density at radius 3 is 2.58 bits per heavy atom. The molecule has 164 valence electrons. The molecule has 2 aliphatic heterocycles. The fraction of sp³-hybridized carbons (Fsp3) is 0.417. The predicted molar refractivity (Wildman–Crippen MR) is 124 cm³/mol. The van der Waals surface area contributed by atoms with E-state index >= 15 is 0 Å². The number of para-hydroxylation sites is 1. The standard InChI is InChI=1S/C24H28N2O4S/c1-6-29-18-9-7-8-17-20-19(22(27)28-5)24(4,30-21(17)18)26(23(31)25-20)16-12-10-15(11-13-16)14(2)3/h7-14,19-20H,6H2,1-5H3,(H,25,31)/t19-,20-,24-/m0/s1. The molecule has 2 aromatic carbocycles. The molecule has 0 spiro atoms. The summed E-state index contributed by atoms with van der Waals surface area (Å²) in [7, 11) is 1.40. The number of esters is 1. The minimum atomic E-state index is -1.10. The van der Waals surface area contributed by atoms with Crippen LogP contribution in [0.15, 0.2) is 42.5 Å². The number of nitrogens with one attached hydrogen (secondary N) is 1. The van der Waals surface area contributed by atoms with Crippen molar-refractivity contribution in [2.45, 2.75) is 45.4 Å². The Morgan fingerprint density at radius 1 is 1.26 bits per heavy atom. The second kappa shape index (κ2) is 8.04. The van der Waals surface area contributed by atoms with E-state index in [1.165, 1.54) is 12.7 Å². The summed E-state index contributed by atoms with van der Waals surface area (Å²) >= 11 is 5.76. The largest absolute Gasteiger partial charge is 0.490 e. The number of rotatable bonds is 5. The van der Waals surface area contributed by atoms with Crippen LogP contribution in [0, 0.1) is 5.92 Å². The van der Waals surface area contributed by atoms with E-state index in [0.29, 0.717) is 29.1 Å². The van der Waals surface area contributed by atoms with Crippen molar-refractivity contribution < 1.29 is 19.0 Å². The number of hydrogen-bond acceptors (Lipinski definition) is 5. The number of benzene rings is 2. The van der Waals surface area contributed by atoms with Gasteiger partial charge in [0.1, 0.15) is 5.92 Å². The van der Waals surface area contributed by atoms with Crippen molar-refractivity contribution in [1.82, 2.24) is 5.32 Å². The van der Waals surface area contributed by atoms with E-state index in [-0.39, 0.29) is 12.0 Å².